The van der Waals surface area contributed by atoms with E-state index in [2.05, 4.69) is 51.3 Å². The van der Waals surface area contributed by atoms with Gasteiger partial charge >= 0.3 is 0 Å². The molecule has 0 saturated carbocycles. The highest BCUT2D eigenvalue weighted by atomic mass is 32.1. The summed E-state index contributed by atoms with van der Waals surface area (Å²) in [6, 6.07) is 18.7. The highest BCUT2D eigenvalue weighted by Gasteiger charge is 2.20. The van der Waals surface area contributed by atoms with E-state index in [0.717, 1.165) is 43.3 Å². The number of anilines is 1. The van der Waals surface area contributed by atoms with Gasteiger partial charge in [0.15, 0.2) is 0 Å². The molecule has 0 spiro atoms. The van der Waals surface area contributed by atoms with E-state index in [0.29, 0.717) is 5.69 Å². The number of rotatable bonds is 6. The van der Waals surface area contributed by atoms with E-state index in [1.54, 1.807) is 11.3 Å². The predicted octanol–water partition coefficient (Wildman–Crippen LogP) is 4.26. The molecule has 1 aromatic heterocycles. The smallest absolute Gasteiger partial charge is 0.271 e. The Bertz CT molecular complexity index is 962. The summed E-state index contributed by atoms with van der Waals surface area (Å²) < 4.78 is 0. The molecule has 6 heteroatoms. The average Bonchev–Trinajstić information content (AvgIpc) is 3.24. The molecule has 4 rings (SSSR count). The molecule has 1 N–H and O–H groups in total. The van der Waals surface area contributed by atoms with Crippen LogP contribution in [0.5, 0.6) is 0 Å². The summed E-state index contributed by atoms with van der Waals surface area (Å²) in [5, 5.41) is 5.90. The molecule has 2 heterocycles. The number of piperazine rings is 1. The molecule has 1 amide bonds. The normalized spacial score (nSPS) is 15.7. The average molecular weight is 421 g/mol. The van der Waals surface area contributed by atoms with Crippen molar-refractivity contribution >= 4 is 22.9 Å². The van der Waals surface area contributed by atoms with Gasteiger partial charge in [0.05, 0.1) is 12.6 Å². The molecule has 1 saturated heterocycles. The number of carbonyl (C=O) groups excluding carboxylic acids is 1. The summed E-state index contributed by atoms with van der Waals surface area (Å²) in [5.74, 6) is -0.113. The Labute approximate surface area is 182 Å². The van der Waals surface area contributed by atoms with E-state index in [4.69, 9.17) is 0 Å². The number of carbonyl (C=O) groups is 1. The minimum Gasteiger partial charge on any atom is -0.369 e. The minimum absolute atomic E-state index is 0.0429. The zero-order valence-electron chi connectivity index (χ0n) is 17.5. The highest BCUT2D eigenvalue weighted by Crippen LogP contribution is 2.19. The molecule has 156 valence electrons. The summed E-state index contributed by atoms with van der Waals surface area (Å²) >= 11 is 1.57. The van der Waals surface area contributed by atoms with E-state index < -0.39 is 0 Å². The van der Waals surface area contributed by atoms with Crippen molar-refractivity contribution in [2.24, 2.45) is 0 Å². The first-order valence-electron chi connectivity index (χ1n) is 10.4. The number of nitrogens with zero attached hydrogens (tertiary/aromatic N) is 3. The third kappa shape index (κ3) is 5.07. The molecule has 2 aromatic carbocycles. The van der Waals surface area contributed by atoms with Crippen molar-refractivity contribution in [3.05, 3.63) is 81.8 Å². The second-order valence-electron chi connectivity index (χ2n) is 7.83. The lowest BCUT2D eigenvalue weighted by Gasteiger charge is -2.35. The van der Waals surface area contributed by atoms with Crippen LogP contribution in [-0.2, 0) is 6.54 Å². The Morgan fingerprint density at radius 1 is 1.07 bits per heavy atom. The first-order chi connectivity index (χ1) is 14.6. The Balaban J connectivity index is 1.28. The molecule has 5 nitrogen and oxygen atoms in total. The van der Waals surface area contributed by atoms with Gasteiger partial charge in [-0.15, -0.1) is 11.3 Å². The molecule has 3 aromatic rings. The second kappa shape index (κ2) is 9.41. The number of hydrogen-bond acceptors (Lipinski definition) is 5. The van der Waals surface area contributed by atoms with Crippen LogP contribution in [0.2, 0.25) is 0 Å². The maximum Gasteiger partial charge on any atom is 0.271 e. The fraction of sp³-hybridized carbons (Fsp3) is 0.333. The Kier molecular flexibility index (Phi) is 6.45. The molecule has 0 unspecified atom stereocenters. The minimum atomic E-state index is -0.113. The van der Waals surface area contributed by atoms with Crippen molar-refractivity contribution in [2.75, 3.05) is 31.1 Å². The molecule has 0 radical (unpaired) electrons. The summed E-state index contributed by atoms with van der Waals surface area (Å²) in [6.45, 7) is 8.93. The van der Waals surface area contributed by atoms with Crippen molar-refractivity contribution in [1.82, 2.24) is 15.2 Å². The van der Waals surface area contributed by atoms with E-state index in [-0.39, 0.29) is 11.9 Å². The van der Waals surface area contributed by atoms with Crippen LogP contribution in [0.1, 0.15) is 39.6 Å². The van der Waals surface area contributed by atoms with Gasteiger partial charge in [-0.2, -0.15) is 0 Å². The lowest BCUT2D eigenvalue weighted by molar-refractivity contribution is 0.0935. The van der Waals surface area contributed by atoms with Gasteiger partial charge in [-0.1, -0.05) is 48.0 Å². The number of hydrogen-bond donors (Lipinski definition) is 1. The van der Waals surface area contributed by atoms with E-state index >= 15 is 0 Å². The van der Waals surface area contributed by atoms with Gasteiger partial charge in [0.1, 0.15) is 10.7 Å². The van der Waals surface area contributed by atoms with Crippen LogP contribution in [-0.4, -0.2) is 42.0 Å². The van der Waals surface area contributed by atoms with E-state index in [9.17, 15) is 4.79 Å². The number of amides is 1. The maximum atomic E-state index is 12.6. The van der Waals surface area contributed by atoms with Gasteiger partial charge in [0, 0.05) is 37.2 Å². The van der Waals surface area contributed by atoms with Crippen LogP contribution in [0.4, 0.5) is 5.69 Å². The maximum absolute atomic E-state index is 12.6. The van der Waals surface area contributed by atoms with Crippen LogP contribution in [0.3, 0.4) is 0 Å². The molecular formula is C24H28N4OS. The van der Waals surface area contributed by atoms with Crippen LogP contribution in [0.25, 0.3) is 0 Å². The monoisotopic (exact) mass is 420 g/mol. The van der Waals surface area contributed by atoms with Crippen molar-refractivity contribution in [3.63, 3.8) is 0 Å². The van der Waals surface area contributed by atoms with Crippen LogP contribution in [0, 0.1) is 6.92 Å². The molecule has 1 aliphatic heterocycles. The van der Waals surface area contributed by atoms with Gasteiger partial charge in [0.25, 0.3) is 5.91 Å². The zero-order chi connectivity index (χ0) is 20.9. The van der Waals surface area contributed by atoms with Crippen molar-refractivity contribution in [3.8, 4) is 0 Å². The molecular weight excluding hydrogens is 392 g/mol. The van der Waals surface area contributed by atoms with Crippen LogP contribution >= 0.6 is 11.3 Å². The summed E-state index contributed by atoms with van der Waals surface area (Å²) in [5.41, 5.74) is 4.18. The molecule has 0 aliphatic carbocycles. The lowest BCUT2D eigenvalue weighted by atomic mass is 10.1. The largest absolute Gasteiger partial charge is 0.369 e. The number of nitrogens with one attached hydrogen (secondary N) is 1. The van der Waals surface area contributed by atoms with Crippen LogP contribution in [0.15, 0.2) is 60.0 Å². The Morgan fingerprint density at radius 2 is 1.77 bits per heavy atom. The fourth-order valence-corrected chi connectivity index (χ4v) is 4.51. The number of aryl methyl sites for hydroxylation is 1. The lowest BCUT2D eigenvalue weighted by Crippen LogP contribution is -2.45. The standard InChI is InChI=1S/C24H28N4OS/c1-18-8-10-21(11-9-18)28-14-12-27(13-15-28)16-23-26-22(17-30-23)24(29)25-19(2)20-6-4-3-5-7-20/h3-11,17,19H,12-16H2,1-2H3,(H,25,29)/t19-/m0/s1. The molecule has 1 aliphatic rings. The SMILES string of the molecule is Cc1ccc(N2CCN(Cc3nc(C(=O)N[C@@H](C)c4ccccc4)cs3)CC2)cc1. The summed E-state index contributed by atoms with van der Waals surface area (Å²) in [4.78, 5) is 22.0. The van der Waals surface area contributed by atoms with Gasteiger partial charge in [-0.3, -0.25) is 9.69 Å². The van der Waals surface area contributed by atoms with Crippen molar-refractivity contribution in [2.45, 2.75) is 26.4 Å². The quantitative estimate of drug-likeness (QED) is 0.647. The highest BCUT2D eigenvalue weighted by molar-refractivity contribution is 7.09. The predicted molar refractivity (Wildman–Crippen MR) is 123 cm³/mol. The van der Waals surface area contributed by atoms with Gasteiger partial charge in [-0.05, 0) is 31.5 Å². The van der Waals surface area contributed by atoms with E-state index in [1.807, 2.05) is 42.6 Å². The van der Waals surface area contributed by atoms with Crippen molar-refractivity contribution in [1.29, 1.82) is 0 Å². The Morgan fingerprint density at radius 3 is 2.47 bits per heavy atom. The molecule has 0 bridgehead atoms. The number of benzene rings is 2. The van der Waals surface area contributed by atoms with Crippen molar-refractivity contribution < 1.29 is 4.79 Å². The van der Waals surface area contributed by atoms with Gasteiger partial charge < -0.3 is 10.2 Å². The number of aromatic nitrogens is 1. The molecule has 1 fully saturated rings. The first kappa shape index (κ1) is 20.6. The van der Waals surface area contributed by atoms with Gasteiger partial charge in [0.2, 0.25) is 0 Å². The third-order valence-electron chi connectivity index (χ3n) is 5.56. The topological polar surface area (TPSA) is 48.5 Å². The number of thiazole rings is 1. The third-order valence-corrected chi connectivity index (χ3v) is 6.40. The first-order valence-corrected chi connectivity index (χ1v) is 11.3. The molecule has 30 heavy (non-hydrogen) atoms. The summed E-state index contributed by atoms with van der Waals surface area (Å²) in [6.07, 6.45) is 0. The fourth-order valence-electron chi connectivity index (χ4n) is 3.69. The summed E-state index contributed by atoms with van der Waals surface area (Å²) in [7, 11) is 0. The molecule has 1 atom stereocenters. The Hall–Kier alpha value is -2.70. The zero-order valence-corrected chi connectivity index (χ0v) is 18.4. The van der Waals surface area contributed by atoms with Gasteiger partial charge in [-0.25, -0.2) is 4.98 Å². The van der Waals surface area contributed by atoms with Crippen LogP contribution < -0.4 is 10.2 Å². The second-order valence-corrected chi connectivity index (χ2v) is 8.77. The van der Waals surface area contributed by atoms with E-state index in [1.165, 1.54) is 11.3 Å².